The van der Waals surface area contributed by atoms with Crippen LogP contribution in [0.5, 0.6) is 11.5 Å². The number of likely N-dealkylation sites (tertiary alicyclic amines) is 1. The lowest BCUT2D eigenvalue weighted by atomic mass is 9.94. The summed E-state index contributed by atoms with van der Waals surface area (Å²) >= 11 is 0. The SMILES string of the molecule is COc1ccc(C(=O)N2CCCC(C)(O)C2)cc1OC. The second-order valence-electron chi connectivity index (χ2n) is 5.40. The van der Waals surface area contributed by atoms with E-state index >= 15 is 0 Å². The molecular formula is C15H21NO4. The highest BCUT2D eigenvalue weighted by Crippen LogP contribution is 2.29. The molecule has 0 aromatic heterocycles. The standard InChI is InChI=1S/C15H21NO4/c1-15(18)7-4-8-16(10-15)14(17)11-5-6-12(19-2)13(9-11)20-3/h5-6,9,18H,4,7-8,10H2,1-3H3. The van der Waals surface area contributed by atoms with Crippen molar-refractivity contribution >= 4 is 5.91 Å². The average molecular weight is 279 g/mol. The maximum absolute atomic E-state index is 12.5. The predicted octanol–water partition coefficient (Wildman–Crippen LogP) is 1.69. The van der Waals surface area contributed by atoms with Crippen molar-refractivity contribution < 1.29 is 19.4 Å². The van der Waals surface area contributed by atoms with Crippen LogP contribution >= 0.6 is 0 Å². The first-order valence-corrected chi connectivity index (χ1v) is 6.70. The summed E-state index contributed by atoms with van der Waals surface area (Å²) in [7, 11) is 3.10. The van der Waals surface area contributed by atoms with Crippen LogP contribution in [0.1, 0.15) is 30.1 Å². The first-order valence-electron chi connectivity index (χ1n) is 6.70. The summed E-state index contributed by atoms with van der Waals surface area (Å²) in [6, 6.07) is 5.10. The zero-order chi connectivity index (χ0) is 14.8. The lowest BCUT2D eigenvalue weighted by Gasteiger charge is -2.36. The molecule has 5 heteroatoms. The fraction of sp³-hybridized carbons (Fsp3) is 0.533. The van der Waals surface area contributed by atoms with E-state index in [2.05, 4.69) is 0 Å². The Morgan fingerprint density at radius 1 is 1.30 bits per heavy atom. The van der Waals surface area contributed by atoms with Gasteiger partial charge in [0.05, 0.1) is 19.8 Å². The predicted molar refractivity (Wildman–Crippen MR) is 75.3 cm³/mol. The summed E-state index contributed by atoms with van der Waals surface area (Å²) in [5.74, 6) is 1.03. The number of methoxy groups -OCH3 is 2. The van der Waals surface area contributed by atoms with Crippen LogP contribution in [-0.4, -0.2) is 48.8 Å². The van der Waals surface area contributed by atoms with Crippen LogP contribution in [0.2, 0.25) is 0 Å². The minimum Gasteiger partial charge on any atom is -0.493 e. The van der Waals surface area contributed by atoms with Gasteiger partial charge in [0.25, 0.3) is 5.91 Å². The van der Waals surface area contributed by atoms with E-state index in [1.54, 1.807) is 37.1 Å². The third-order valence-corrected chi connectivity index (χ3v) is 3.59. The van der Waals surface area contributed by atoms with Gasteiger partial charge in [-0.25, -0.2) is 0 Å². The van der Waals surface area contributed by atoms with Crippen molar-refractivity contribution in [1.29, 1.82) is 0 Å². The maximum Gasteiger partial charge on any atom is 0.254 e. The summed E-state index contributed by atoms with van der Waals surface area (Å²) in [5.41, 5.74) is -0.259. The van der Waals surface area contributed by atoms with Gasteiger partial charge in [-0.1, -0.05) is 0 Å². The topological polar surface area (TPSA) is 59.0 Å². The average Bonchev–Trinajstić information content (AvgIpc) is 2.44. The number of rotatable bonds is 3. The number of amides is 1. The second kappa shape index (κ2) is 5.71. The Hall–Kier alpha value is -1.75. The van der Waals surface area contributed by atoms with Crippen LogP contribution in [0, 0.1) is 0 Å². The van der Waals surface area contributed by atoms with E-state index in [0.717, 1.165) is 12.8 Å². The maximum atomic E-state index is 12.5. The van der Waals surface area contributed by atoms with Crippen molar-refractivity contribution in [3.8, 4) is 11.5 Å². The Kier molecular flexibility index (Phi) is 4.18. The van der Waals surface area contributed by atoms with Gasteiger partial charge in [-0.3, -0.25) is 4.79 Å². The lowest BCUT2D eigenvalue weighted by molar-refractivity contribution is -0.0107. The van der Waals surface area contributed by atoms with Gasteiger partial charge in [0, 0.05) is 18.7 Å². The van der Waals surface area contributed by atoms with E-state index in [1.165, 1.54) is 7.11 Å². The number of nitrogens with zero attached hydrogens (tertiary/aromatic N) is 1. The highest BCUT2D eigenvalue weighted by atomic mass is 16.5. The van der Waals surface area contributed by atoms with Gasteiger partial charge >= 0.3 is 0 Å². The number of carbonyl (C=O) groups excluding carboxylic acids is 1. The molecule has 0 radical (unpaired) electrons. The molecule has 5 nitrogen and oxygen atoms in total. The molecule has 1 heterocycles. The summed E-state index contributed by atoms with van der Waals surface area (Å²) in [5, 5.41) is 10.1. The highest BCUT2D eigenvalue weighted by Gasteiger charge is 2.31. The van der Waals surface area contributed by atoms with Crippen LogP contribution in [0.4, 0.5) is 0 Å². The van der Waals surface area contributed by atoms with Gasteiger partial charge < -0.3 is 19.5 Å². The molecule has 0 bridgehead atoms. The zero-order valence-corrected chi connectivity index (χ0v) is 12.2. The number of hydrogen-bond donors (Lipinski definition) is 1. The molecule has 110 valence electrons. The van der Waals surface area contributed by atoms with E-state index in [4.69, 9.17) is 9.47 Å². The molecule has 0 spiro atoms. The molecule has 1 atom stereocenters. The summed E-state index contributed by atoms with van der Waals surface area (Å²) < 4.78 is 10.4. The molecule has 1 N–H and O–H groups in total. The van der Waals surface area contributed by atoms with Crippen molar-refractivity contribution in [3.63, 3.8) is 0 Å². The van der Waals surface area contributed by atoms with Crippen LogP contribution in [0.3, 0.4) is 0 Å². The van der Waals surface area contributed by atoms with Crippen molar-refractivity contribution in [2.75, 3.05) is 27.3 Å². The normalized spacial score (nSPS) is 22.5. The van der Waals surface area contributed by atoms with Gasteiger partial charge in [0.15, 0.2) is 11.5 Å². The number of aliphatic hydroxyl groups is 1. The number of piperidine rings is 1. The van der Waals surface area contributed by atoms with Crippen LogP contribution < -0.4 is 9.47 Å². The third-order valence-electron chi connectivity index (χ3n) is 3.59. The number of β-amino-alcohol motifs (C(OH)–C–C–N with tert-alkyl or cyclic N) is 1. The fourth-order valence-corrected chi connectivity index (χ4v) is 2.55. The highest BCUT2D eigenvalue weighted by molar-refractivity contribution is 5.95. The third kappa shape index (κ3) is 3.04. The molecule has 0 aliphatic carbocycles. The van der Waals surface area contributed by atoms with Gasteiger partial charge in [-0.05, 0) is 38.0 Å². The Morgan fingerprint density at radius 3 is 2.60 bits per heavy atom. The zero-order valence-electron chi connectivity index (χ0n) is 12.2. The largest absolute Gasteiger partial charge is 0.493 e. The van der Waals surface area contributed by atoms with Crippen LogP contribution in [0.15, 0.2) is 18.2 Å². The summed E-state index contributed by atoms with van der Waals surface area (Å²) in [4.78, 5) is 14.2. The Morgan fingerprint density at radius 2 is 2.00 bits per heavy atom. The van der Waals surface area contributed by atoms with E-state index in [1.807, 2.05) is 0 Å². The van der Waals surface area contributed by atoms with Gasteiger partial charge in [0.2, 0.25) is 0 Å². The van der Waals surface area contributed by atoms with Gasteiger partial charge in [0.1, 0.15) is 0 Å². The Labute approximate surface area is 119 Å². The number of benzene rings is 1. The van der Waals surface area contributed by atoms with Gasteiger partial charge in [-0.2, -0.15) is 0 Å². The molecule has 1 aromatic rings. The fourth-order valence-electron chi connectivity index (χ4n) is 2.55. The molecule has 2 rings (SSSR count). The molecule has 1 amide bonds. The summed E-state index contributed by atoms with van der Waals surface area (Å²) in [6.07, 6.45) is 1.54. The van der Waals surface area contributed by atoms with E-state index in [9.17, 15) is 9.90 Å². The van der Waals surface area contributed by atoms with Crippen molar-refractivity contribution in [3.05, 3.63) is 23.8 Å². The Bertz CT molecular complexity index is 499. The first kappa shape index (κ1) is 14.7. The molecule has 1 unspecified atom stereocenters. The molecular weight excluding hydrogens is 258 g/mol. The number of hydrogen-bond acceptors (Lipinski definition) is 4. The van der Waals surface area contributed by atoms with Crippen molar-refractivity contribution in [2.45, 2.75) is 25.4 Å². The number of carbonyl (C=O) groups is 1. The van der Waals surface area contributed by atoms with Crippen LogP contribution in [0.25, 0.3) is 0 Å². The molecule has 1 aliphatic heterocycles. The first-order chi connectivity index (χ1) is 9.46. The van der Waals surface area contributed by atoms with Gasteiger partial charge in [-0.15, -0.1) is 0 Å². The smallest absolute Gasteiger partial charge is 0.254 e. The van der Waals surface area contributed by atoms with Crippen molar-refractivity contribution in [2.24, 2.45) is 0 Å². The summed E-state index contributed by atoms with van der Waals surface area (Å²) in [6.45, 7) is 2.80. The van der Waals surface area contributed by atoms with Crippen LogP contribution in [-0.2, 0) is 0 Å². The lowest BCUT2D eigenvalue weighted by Crippen LogP contribution is -2.48. The molecule has 1 aromatic carbocycles. The molecule has 0 saturated carbocycles. The minimum atomic E-state index is -0.801. The minimum absolute atomic E-state index is 0.0917. The molecule has 1 fully saturated rings. The monoisotopic (exact) mass is 279 g/mol. The molecule has 20 heavy (non-hydrogen) atoms. The second-order valence-corrected chi connectivity index (χ2v) is 5.40. The molecule has 1 aliphatic rings. The van der Waals surface area contributed by atoms with Crippen molar-refractivity contribution in [1.82, 2.24) is 4.90 Å². The van der Waals surface area contributed by atoms with E-state index in [0.29, 0.717) is 30.2 Å². The Balaban J connectivity index is 2.20. The number of ether oxygens (including phenoxy) is 2. The quantitative estimate of drug-likeness (QED) is 0.914. The van der Waals surface area contributed by atoms with E-state index < -0.39 is 5.60 Å². The van der Waals surface area contributed by atoms with E-state index in [-0.39, 0.29) is 5.91 Å². The molecule has 1 saturated heterocycles.